The van der Waals surface area contributed by atoms with E-state index in [2.05, 4.69) is 10.5 Å². The Balaban J connectivity index is 1.83. The van der Waals surface area contributed by atoms with E-state index in [9.17, 15) is 36.2 Å². The molecule has 0 aliphatic rings. The molecule has 2 unspecified atom stereocenters. The van der Waals surface area contributed by atoms with Crippen LogP contribution in [0, 0.1) is 0 Å². The molecule has 3 rings (SSSR count). The number of amides is 1. The van der Waals surface area contributed by atoms with Crippen molar-refractivity contribution in [2.45, 2.75) is 56.5 Å². The second-order valence-electron chi connectivity index (χ2n) is 11.2. The summed E-state index contributed by atoms with van der Waals surface area (Å²) in [6.45, 7) is 1.12. The first-order valence-corrected chi connectivity index (χ1v) is 16.0. The number of rotatable bonds is 18. The summed E-state index contributed by atoms with van der Waals surface area (Å²) < 4.78 is 85.9. The molecule has 3 aromatic rings. The summed E-state index contributed by atoms with van der Waals surface area (Å²) in [7, 11) is 0. The van der Waals surface area contributed by atoms with Crippen molar-refractivity contribution in [1.82, 2.24) is 5.32 Å². The molecule has 7 nitrogen and oxygen atoms in total. The number of primary amides is 1. The van der Waals surface area contributed by atoms with E-state index in [0.717, 1.165) is 5.56 Å². The lowest BCUT2D eigenvalue weighted by Gasteiger charge is -2.30. The lowest BCUT2D eigenvalue weighted by molar-refractivity contribution is -0.143. The van der Waals surface area contributed by atoms with Crippen LogP contribution in [0.2, 0.25) is 10.0 Å². The van der Waals surface area contributed by atoms with Crippen LogP contribution in [0.5, 0.6) is 0 Å². The van der Waals surface area contributed by atoms with E-state index in [1.54, 1.807) is 18.2 Å². The Morgan fingerprint density at radius 2 is 1.57 bits per heavy atom. The van der Waals surface area contributed by atoms with Gasteiger partial charge in [0.25, 0.3) is 0 Å². The van der Waals surface area contributed by atoms with Crippen molar-refractivity contribution in [3.05, 3.63) is 105 Å². The molecule has 2 atom stereocenters. The first kappa shape index (κ1) is 40.1. The van der Waals surface area contributed by atoms with E-state index in [1.807, 2.05) is 37.3 Å². The Labute approximate surface area is 290 Å². The normalized spacial score (nSPS) is 14.4. The number of aliphatic hydroxyl groups excluding tert-OH is 1. The average molecular weight is 737 g/mol. The van der Waals surface area contributed by atoms with Crippen LogP contribution in [-0.2, 0) is 38.7 Å². The molecular formula is C34H37Cl2F6N3O4. The molecule has 0 aliphatic carbocycles. The minimum atomic E-state index is -5.01. The molecule has 268 valence electrons. The minimum absolute atomic E-state index is 0.0419. The number of hydrogen-bond acceptors (Lipinski definition) is 6. The fraction of sp³-hybridized carbons (Fsp3) is 0.412. The maximum atomic E-state index is 13.4. The number of carbonyl (C=O) groups excluding carboxylic acids is 1. The Kier molecular flexibility index (Phi) is 14.8. The second kappa shape index (κ2) is 18.0. The van der Waals surface area contributed by atoms with Crippen molar-refractivity contribution in [1.29, 1.82) is 0 Å². The number of nitrogens with one attached hydrogen (secondary N) is 1. The fourth-order valence-electron chi connectivity index (χ4n) is 5.39. The third kappa shape index (κ3) is 11.3. The van der Waals surface area contributed by atoms with E-state index < -0.39 is 47.3 Å². The summed E-state index contributed by atoms with van der Waals surface area (Å²) in [5.41, 5.74) is 3.34. The van der Waals surface area contributed by atoms with Gasteiger partial charge >= 0.3 is 12.4 Å². The summed E-state index contributed by atoms with van der Waals surface area (Å²) in [6, 6.07) is 15.3. The molecule has 0 heterocycles. The number of nitrogens with two attached hydrogens (primary N) is 1. The predicted molar refractivity (Wildman–Crippen MR) is 175 cm³/mol. The predicted octanol–water partition coefficient (Wildman–Crippen LogP) is 7.90. The van der Waals surface area contributed by atoms with E-state index in [1.165, 1.54) is 0 Å². The standard InChI is InChI=1S/C34H37Cl2F6N3O4/c1-2-32(31(43)47,24-6-4-3-5-7-24)11-13-44-12-10-27(23-8-9-28(35)29(36)18-23)30(45-49-15-14-46)21-48-20-22-16-25(33(37,38)39)19-26(17-22)34(40,41)42/h3-9,16-19,27,44,46H,2,10-15,20-21H2,1H3,(H2,43,47)/b45-30+. The molecule has 4 N–H and O–H groups in total. The van der Waals surface area contributed by atoms with Crippen molar-refractivity contribution >= 4 is 34.8 Å². The number of hydrogen-bond donors (Lipinski definition) is 3. The van der Waals surface area contributed by atoms with Crippen molar-refractivity contribution in [2.75, 3.05) is 32.9 Å². The number of halogens is 8. The van der Waals surface area contributed by atoms with Gasteiger partial charge in [-0.1, -0.05) is 71.7 Å². The summed E-state index contributed by atoms with van der Waals surface area (Å²) in [5.74, 6) is -1.04. The second-order valence-corrected chi connectivity index (χ2v) is 12.0. The molecule has 49 heavy (non-hydrogen) atoms. The Bertz CT molecular complexity index is 1520. The number of ether oxygens (including phenoxy) is 1. The van der Waals surface area contributed by atoms with Gasteiger partial charge in [0, 0.05) is 5.92 Å². The van der Waals surface area contributed by atoms with Crippen LogP contribution >= 0.6 is 23.2 Å². The zero-order valence-corrected chi connectivity index (χ0v) is 28.0. The lowest BCUT2D eigenvalue weighted by Crippen LogP contribution is -2.43. The highest BCUT2D eigenvalue weighted by atomic mass is 35.5. The van der Waals surface area contributed by atoms with Gasteiger partial charge in [-0.3, -0.25) is 4.79 Å². The van der Waals surface area contributed by atoms with E-state index in [4.69, 9.17) is 38.5 Å². The van der Waals surface area contributed by atoms with Crippen molar-refractivity contribution < 1.29 is 45.8 Å². The summed E-state index contributed by atoms with van der Waals surface area (Å²) >= 11 is 12.4. The van der Waals surface area contributed by atoms with Crippen molar-refractivity contribution in [2.24, 2.45) is 10.9 Å². The van der Waals surface area contributed by atoms with Crippen LogP contribution in [0.4, 0.5) is 26.3 Å². The van der Waals surface area contributed by atoms with Gasteiger partial charge in [-0.05, 0) is 79.4 Å². The maximum Gasteiger partial charge on any atom is 0.416 e. The van der Waals surface area contributed by atoms with Gasteiger partial charge in [0.1, 0.15) is 6.61 Å². The Morgan fingerprint density at radius 1 is 0.918 bits per heavy atom. The maximum absolute atomic E-state index is 13.4. The van der Waals surface area contributed by atoms with Crippen LogP contribution in [0.1, 0.15) is 59.9 Å². The SMILES string of the molecule is CCC(CCNCCC(/C(COCc1cc(C(F)(F)F)cc(C(F)(F)F)c1)=N/OCCO)c1ccc(Cl)c(Cl)c1)(C(N)=O)c1ccccc1. The quantitative estimate of drug-likeness (QED) is 0.0533. The van der Waals surface area contributed by atoms with Crippen LogP contribution in [-0.4, -0.2) is 49.6 Å². The number of carbonyl (C=O) groups is 1. The largest absolute Gasteiger partial charge is 0.416 e. The molecule has 0 spiro atoms. The first-order valence-electron chi connectivity index (χ1n) is 15.3. The molecule has 0 aliphatic heterocycles. The molecule has 3 aromatic carbocycles. The Morgan fingerprint density at radius 3 is 2.12 bits per heavy atom. The van der Waals surface area contributed by atoms with Crippen LogP contribution in [0.15, 0.2) is 71.9 Å². The van der Waals surface area contributed by atoms with E-state index in [-0.39, 0.29) is 47.2 Å². The van der Waals surface area contributed by atoms with Gasteiger partial charge < -0.3 is 25.7 Å². The highest BCUT2D eigenvalue weighted by molar-refractivity contribution is 6.42. The van der Waals surface area contributed by atoms with Crippen molar-refractivity contribution in [3.63, 3.8) is 0 Å². The number of oxime groups is 1. The van der Waals surface area contributed by atoms with Gasteiger partial charge in [0.05, 0.1) is 52.1 Å². The molecular weight excluding hydrogens is 699 g/mol. The lowest BCUT2D eigenvalue weighted by atomic mass is 9.74. The third-order valence-corrected chi connectivity index (χ3v) is 8.76. The van der Waals surface area contributed by atoms with Crippen molar-refractivity contribution in [3.8, 4) is 0 Å². The van der Waals surface area contributed by atoms with Crippen LogP contribution in [0.3, 0.4) is 0 Å². The number of nitrogens with zero attached hydrogens (tertiary/aromatic N) is 1. The smallest absolute Gasteiger partial charge is 0.393 e. The van der Waals surface area contributed by atoms with Crippen LogP contribution < -0.4 is 11.1 Å². The minimum Gasteiger partial charge on any atom is -0.393 e. The first-order chi connectivity index (χ1) is 23.1. The highest BCUT2D eigenvalue weighted by Crippen LogP contribution is 2.37. The molecule has 0 saturated heterocycles. The third-order valence-electron chi connectivity index (χ3n) is 8.02. The Hall–Kier alpha value is -3.36. The summed E-state index contributed by atoms with van der Waals surface area (Å²) in [4.78, 5) is 17.8. The van der Waals surface area contributed by atoms with Crippen LogP contribution in [0.25, 0.3) is 0 Å². The molecule has 1 amide bonds. The van der Waals surface area contributed by atoms with Gasteiger partial charge in [-0.25, -0.2) is 0 Å². The average Bonchev–Trinajstić information content (AvgIpc) is 3.05. The molecule has 15 heteroatoms. The molecule has 0 saturated carbocycles. The molecule has 0 radical (unpaired) electrons. The zero-order valence-electron chi connectivity index (χ0n) is 26.5. The molecule has 0 bridgehead atoms. The van der Waals surface area contributed by atoms with E-state index >= 15 is 0 Å². The van der Waals surface area contributed by atoms with Gasteiger partial charge in [0.2, 0.25) is 5.91 Å². The number of benzene rings is 3. The number of aliphatic hydroxyl groups is 1. The van der Waals surface area contributed by atoms with Gasteiger partial charge in [-0.15, -0.1) is 0 Å². The molecule has 0 fully saturated rings. The van der Waals surface area contributed by atoms with Gasteiger partial charge in [0.15, 0.2) is 0 Å². The zero-order chi connectivity index (χ0) is 36.2. The van der Waals surface area contributed by atoms with E-state index in [0.29, 0.717) is 50.0 Å². The fourth-order valence-corrected chi connectivity index (χ4v) is 5.69. The summed E-state index contributed by atoms with van der Waals surface area (Å²) in [5, 5.41) is 17.2. The highest BCUT2D eigenvalue weighted by Gasteiger charge is 2.37. The number of alkyl halides is 6. The summed E-state index contributed by atoms with van der Waals surface area (Å²) in [6.07, 6.45) is -8.80. The molecule has 0 aromatic heterocycles. The topological polar surface area (TPSA) is 106 Å². The van der Waals surface area contributed by atoms with Gasteiger partial charge in [-0.2, -0.15) is 26.3 Å². The monoisotopic (exact) mass is 735 g/mol.